The summed E-state index contributed by atoms with van der Waals surface area (Å²) in [5.74, 6) is -0.672. The van der Waals surface area contributed by atoms with Crippen LogP contribution in [0.5, 0.6) is 0 Å². The minimum absolute atomic E-state index is 0.0412. The third-order valence-corrected chi connectivity index (χ3v) is 5.19. The number of aliphatic imine (C=N–C) groups is 2. The number of hydrogen-bond donors (Lipinski definition) is 3. The van der Waals surface area contributed by atoms with Crippen LogP contribution in [-0.2, 0) is 6.18 Å². The number of guanidine groups is 1. The highest BCUT2D eigenvalue weighted by Gasteiger charge is 2.30. The Kier molecular flexibility index (Phi) is 5.75. The monoisotopic (exact) mass is 455 g/mol. The fourth-order valence-corrected chi connectivity index (χ4v) is 3.32. The topological polar surface area (TPSA) is 99.0 Å². The number of alkyl halides is 3. The summed E-state index contributed by atoms with van der Waals surface area (Å²) in [5.41, 5.74) is 0.768. The second kappa shape index (κ2) is 8.53. The van der Waals surface area contributed by atoms with Crippen LogP contribution in [0.4, 0.5) is 30.4 Å². The van der Waals surface area contributed by atoms with Crippen LogP contribution < -0.4 is 10.6 Å². The summed E-state index contributed by atoms with van der Waals surface area (Å²) in [4.78, 5) is 24.4. The second-order valence-corrected chi connectivity index (χ2v) is 7.69. The standard InChI is InChI=1S/C23H20F3N5O2/c1-12-17-9-6-13(21(32)33)10-18(17)30-20(19(12)31-22(27-2)29-15-7-8-15)28-16-5-3-4-14(11-16)23(24,25)26/h3-6,9-11,15H,2,7-8H2,1H3,(H,28,30)(H,29,31)(H,32,33). The van der Waals surface area contributed by atoms with Crippen LogP contribution in [-0.4, -0.2) is 34.8 Å². The molecule has 1 aliphatic rings. The molecule has 0 amide bonds. The Labute approximate surface area is 187 Å². The summed E-state index contributed by atoms with van der Waals surface area (Å²) in [5, 5.41) is 16.0. The molecule has 0 atom stereocenters. The van der Waals surface area contributed by atoms with Gasteiger partial charge in [-0.3, -0.25) is 0 Å². The molecule has 7 nitrogen and oxygen atoms in total. The SMILES string of the molecule is C=N/C(=N\c1c(Nc2cccc(C(F)(F)F)c2)nc2cc(C(=O)O)ccc2c1C)NC1CC1. The summed E-state index contributed by atoms with van der Waals surface area (Å²) in [7, 11) is 0. The molecule has 170 valence electrons. The number of aromatic nitrogens is 1. The molecule has 0 aliphatic heterocycles. The van der Waals surface area contributed by atoms with Crippen LogP contribution >= 0.6 is 0 Å². The molecule has 0 saturated heterocycles. The van der Waals surface area contributed by atoms with E-state index in [4.69, 9.17) is 0 Å². The molecule has 2 aromatic carbocycles. The molecule has 4 rings (SSSR count). The van der Waals surface area contributed by atoms with Crippen molar-refractivity contribution in [2.45, 2.75) is 32.0 Å². The summed E-state index contributed by atoms with van der Waals surface area (Å²) in [6, 6.07) is 9.46. The highest BCUT2D eigenvalue weighted by atomic mass is 19.4. The largest absolute Gasteiger partial charge is 0.478 e. The zero-order valence-electron chi connectivity index (χ0n) is 17.6. The summed E-state index contributed by atoms with van der Waals surface area (Å²) in [6.07, 6.45) is -2.54. The first-order valence-electron chi connectivity index (χ1n) is 10.1. The molecule has 1 fully saturated rings. The molecule has 1 saturated carbocycles. The first kappa shape index (κ1) is 22.3. The highest BCUT2D eigenvalue weighted by Crippen LogP contribution is 2.37. The number of nitrogens with zero attached hydrogens (tertiary/aromatic N) is 3. The number of pyridine rings is 1. The van der Waals surface area contributed by atoms with E-state index < -0.39 is 17.7 Å². The minimum atomic E-state index is -4.50. The number of aromatic carboxylic acids is 1. The van der Waals surface area contributed by atoms with Crippen molar-refractivity contribution in [1.82, 2.24) is 10.3 Å². The van der Waals surface area contributed by atoms with Crippen LogP contribution in [0.1, 0.15) is 34.3 Å². The number of carboxylic acid groups (broad SMARTS) is 1. The van der Waals surface area contributed by atoms with Gasteiger partial charge in [-0.2, -0.15) is 13.2 Å². The van der Waals surface area contributed by atoms with Crippen molar-refractivity contribution >= 4 is 46.7 Å². The lowest BCUT2D eigenvalue weighted by Gasteiger charge is -2.15. The smallest absolute Gasteiger partial charge is 0.416 e. The van der Waals surface area contributed by atoms with Crippen molar-refractivity contribution < 1.29 is 23.1 Å². The number of carboxylic acids is 1. The summed E-state index contributed by atoms with van der Waals surface area (Å²) >= 11 is 0. The maximum absolute atomic E-state index is 13.2. The fourth-order valence-electron chi connectivity index (χ4n) is 3.32. The lowest BCUT2D eigenvalue weighted by Crippen LogP contribution is -2.23. The third kappa shape index (κ3) is 4.94. The Morgan fingerprint density at radius 3 is 2.61 bits per heavy atom. The minimum Gasteiger partial charge on any atom is -0.478 e. The van der Waals surface area contributed by atoms with Gasteiger partial charge in [-0.05, 0) is 62.4 Å². The van der Waals surface area contributed by atoms with E-state index in [1.807, 2.05) is 0 Å². The van der Waals surface area contributed by atoms with Crippen LogP contribution in [0.2, 0.25) is 0 Å². The van der Waals surface area contributed by atoms with Gasteiger partial charge in [0.05, 0.1) is 16.6 Å². The first-order chi connectivity index (χ1) is 15.7. The molecular weight excluding hydrogens is 435 g/mol. The highest BCUT2D eigenvalue weighted by molar-refractivity contribution is 5.98. The fraction of sp³-hybridized carbons (Fsp3) is 0.217. The number of aryl methyl sites for hydroxylation is 1. The van der Waals surface area contributed by atoms with Crippen LogP contribution in [0.25, 0.3) is 10.9 Å². The van der Waals surface area contributed by atoms with Gasteiger partial charge in [0, 0.05) is 17.1 Å². The van der Waals surface area contributed by atoms with Gasteiger partial charge < -0.3 is 15.7 Å². The summed E-state index contributed by atoms with van der Waals surface area (Å²) < 4.78 is 39.5. The molecule has 33 heavy (non-hydrogen) atoms. The van der Waals surface area contributed by atoms with Crippen molar-refractivity contribution in [1.29, 1.82) is 0 Å². The van der Waals surface area contributed by atoms with Crippen molar-refractivity contribution in [3.63, 3.8) is 0 Å². The Morgan fingerprint density at radius 2 is 1.97 bits per heavy atom. The van der Waals surface area contributed by atoms with Gasteiger partial charge >= 0.3 is 12.1 Å². The number of rotatable bonds is 5. The Hall–Kier alpha value is -3.95. The van der Waals surface area contributed by atoms with Crippen molar-refractivity contribution in [2.24, 2.45) is 9.98 Å². The van der Waals surface area contributed by atoms with Crippen LogP contribution in [0.3, 0.4) is 0 Å². The number of halogens is 3. The normalized spacial score (nSPS) is 14.2. The molecule has 1 aromatic heterocycles. The molecule has 0 spiro atoms. The maximum Gasteiger partial charge on any atom is 0.416 e. The summed E-state index contributed by atoms with van der Waals surface area (Å²) in [6.45, 7) is 5.32. The number of carbonyl (C=O) groups is 1. The first-order valence-corrected chi connectivity index (χ1v) is 10.1. The molecule has 1 aliphatic carbocycles. The van der Waals surface area contributed by atoms with E-state index >= 15 is 0 Å². The molecular formula is C23H20F3N5O2. The van der Waals surface area contributed by atoms with Gasteiger partial charge in [-0.15, -0.1) is 0 Å². The number of fused-ring (bicyclic) bond motifs is 1. The molecule has 3 aromatic rings. The average molecular weight is 455 g/mol. The molecule has 0 radical (unpaired) electrons. The Morgan fingerprint density at radius 1 is 1.21 bits per heavy atom. The number of hydrogen-bond acceptors (Lipinski definition) is 4. The van der Waals surface area contributed by atoms with E-state index in [2.05, 4.69) is 32.3 Å². The zero-order valence-corrected chi connectivity index (χ0v) is 17.6. The van der Waals surface area contributed by atoms with Crippen molar-refractivity contribution in [3.05, 3.63) is 59.2 Å². The van der Waals surface area contributed by atoms with Gasteiger partial charge in [0.2, 0.25) is 5.96 Å². The quantitative estimate of drug-likeness (QED) is 0.351. The lowest BCUT2D eigenvalue weighted by molar-refractivity contribution is -0.137. The van der Waals surface area contributed by atoms with E-state index in [9.17, 15) is 23.1 Å². The van der Waals surface area contributed by atoms with Crippen molar-refractivity contribution in [3.8, 4) is 0 Å². The van der Waals surface area contributed by atoms with E-state index in [0.717, 1.165) is 25.0 Å². The van der Waals surface area contributed by atoms with E-state index in [0.29, 0.717) is 22.2 Å². The van der Waals surface area contributed by atoms with E-state index in [1.54, 1.807) is 13.0 Å². The van der Waals surface area contributed by atoms with Gasteiger partial charge in [-0.1, -0.05) is 12.1 Å². The molecule has 0 unspecified atom stereocenters. The number of anilines is 2. The Bertz CT molecular complexity index is 1280. The average Bonchev–Trinajstić information content (AvgIpc) is 3.59. The molecule has 10 heteroatoms. The van der Waals surface area contributed by atoms with Gasteiger partial charge in [-0.25, -0.2) is 19.8 Å². The predicted octanol–water partition coefficient (Wildman–Crippen LogP) is 5.44. The van der Waals surface area contributed by atoms with Crippen molar-refractivity contribution in [2.75, 3.05) is 5.32 Å². The third-order valence-electron chi connectivity index (χ3n) is 5.19. The maximum atomic E-state index is 13.2. The molecule has 1 heterocycles. The lowest BCUT2D eigenvalue weighted by atomic mass is 10.1. The van der Waals surface area contributed by atoms with Crippen LogP contribution in [0, 0.1) is 6.92 Å². The molecule has 3 N–H and O–H groups in total. The Balaban J connectivity index is 1.86. The van der Waals surface area contributed by atoms with E-state index in [-0.39, 0.29) is 29.1 Å². The van der Waals surface area contributed by atoms with Gasteiger partial charge in [0.15, 0.2) is 5.82 Å². The van der Waals surface area contributed by atoms with Crippen LogP contribution in [0.15, 0.2) is 52.4 Å². The predicted molar refractivity (Wildman–Crippen MR) is 121 cm³/mol. The van der Waals surface area contributed by atoms with E-state index in [1.165, 1.54) is 24.3 Å². The number of nitrogens with one attached hydrogen (secondary N) is 2. The zero-order chi connectivity index (χ0) is 23.8. The van der Waals surface area contributed by atoms with Gasteiger partial charge in [0.1, 0.15) is 5.69 Å². The number of benzene rings is 2. The molecule has 0 bridgehead atoms. The second-order valence-electron chi connectivity index (χ2n) is 7.69. The van der Waals surface area contributed by atoms with Gasteiger partial charge in [0.25, 0.3) is 0 Å².